The fraction of sp³-hybridized carbons (Fsp3) is 0.300. The number of carbonyl (C=O) groups is 1. The predicted molar refractivity (Wildman–Crippen MR) is 98.5 cm³/mol. The second kappa shape index (κ2) is 7.83. The second-order valence-corrected chi connectivity index (χ2v) is 6.20. The Balaban J connectivity index is 1.41. The Kier molecular flexibility index (Phi) is 5.33. The van der Waals surface area contributed by atoms with Crippen molar-refractivity contribution in [3.63, 3.8) is 0 Å². The largest absolute Gasteiger partial charge is 0.508 e. The molecule has 130 valence electrons. The van der Waals surface area contributed by atoms with Crippen molar-refractivity contribution in [1.29, 1.82) is 0 Å². The molecule has 25 heavy (non-hydrogen) atoms. The number of imidazole rings is 1. The van der Waals surface area contributed by atoms with Gasteiger partial charge in [-0.15, -0.1) is 0 Å². The van der Waals surface area contributed by atoms with Crippen LogP contribution in [0.2, 0.25) is 0 Å². The van der Waals surface area contributed by atoms with Crippen LogP contribution >= 0.6 is 0 Å². The summed E-state index contributed by atoms with van der Waals surface area (Å²) in [6.45, 7) is 0.592. The van der Waals surface area contributed by atoms with Gasteiger partial charge in [0.15, 0.2) is 0 Å². The number of rotatable bonds is 7. The van der Waals surface area contributed by atoms with Gasteiger partial charge in [-0.2, -0.15) is 0 Å². The van der Waals surface area contributed by atoms with E-state index in [0.717, 1.165) is 41.7 Å². The molecule has 0 atom stereocenters. The van der Waals surface area contributed by atoms with Gasteiger partial charge in [0.2, 0.25) is 5.91 Å². The number of carbonyl (C=O) groups excluding carboxylic acids is 1. The first-order valence-electron chi connectivity index (χ1n) is 8.58. The number of para-hydroxylation sites is 2. The molecule has 3 rings (SSSR count). The SMILES string of the molecule is Cn1c(CCNC(=O)CCCc2ccc(O)cc2)nc2ccccc21. The third-order valence-electron chi connectivity index (χ3n) is 4.36. The summed E-state index contributed by atoms with van der Waals surface area (Å²) in [6, 6.07) is 15.2. The minimum absolute atomic E-state index is 0.0672. The highest BCUT2D eigenvalue weighted by Gasteiger charge is 2.07. The summed E-state index contributed by atoms with van der Waals surface area (Å²) in [5.74, 6) is 1.31. The Morgan fingerprint density at radius 2 is 1.88 bits per heavy atom. The quantitative estimate of drug-likeness (QED) is 0.696. The number of amides is 1. The van der Waals surface area contributed by atoms with Gasteiger partial charge in [-0.3, -0.25) is 4.79 Å². The molecule has 0 aliphatic heterocycles. The van der Waals surface area contributed by atoms with E-state index in [2.05, 4.69) is 14.9 Å². The second-order valence-electron chi connectivity index (χ2n) is 6.20. The normalized spacial score (nSPS) is 10.9. The van der Waals surface area contributed by atoms with Crippen LogP contribution in [0.25, 0.3) is 11.0 Å². The zero-order valence-electron chi connectivity index (χ0n) is 14.4. The van der Waals surface area contributed by atoms with Crippen LogP contribution in [0.5, 0.6) is 5.75 Å². The Labute approximate surface area is 147 Å². The fourth-order valence-corrected chi connectivity index (χ4v) is 2.94. The van der Waals surface area contributed by atoms with Gasteiger partial charge >= 0.3 is 0 Å². The number of hydrogen-bond donors (Lipinski definition) is 2. The molecule has 0 unspecified atom stereocenters. The minimum Gasteiger partial charge on any atom is -0.508 e. The van der Waals surface area contributed by atoms with Crippen molar-refractivity contribution >= 4 is 16.9 Å². The van der Waals surface area contributed by atoms with E-state index < -0.39 is 0 Å². The van der Waals surface area contributed by atoms with Crippen molar-refractivity contribution in [1.82, 2.24) is 14.9 Å². The number of nitrogens with one attached hydrogen (secondary N) is 1. The Morgan fingerprint density at radius 1 is 1.12 bits per heavy atom. The van der Waals surface area contributed by atoms with Crippen molar-refractivity contribution in [2.75, 3.05) is 6.54 Å². The molecule has 1 heterocycles. The summed E-state index contributed by atoms with van der Waals surface area (Å²) in [5, 5.41) is 12.2. The number of nitrogens with zero attached hydrogens (tertiary/aromatic N) is 2. The van der Waals surface area contributed by atoms with Crippen molar-refractivity contribution < 1.29 is 9.90 Å². The van der Waals surface area contributed by atoms with E-state index in [1.807, 2.05) is 43.4 Å². The number of hydrogen-bond acceptors (Lipinski definition) is 3. The summed E-state index contributed by atoms with van der Waals surface area (Å²) < 4.78 is 2.08. The molecule has 2 N–H and O–H groups in total. The lowest BCUT2D eigenvalue weighted by Gasteiger charge is -2.06. The Hall–Kier alpha value is -2.82. The number of aryl methyl sites for hydroxylation is 2. The summed E-state index contributed by atoms with van der Waals surface area (Å²) in [7, 11) is 2.00. The number of phenols is 1. The average molecular weight is 337 g/mol. The van der Waals surface area contributed by atoms with E-state index in [4.69, 9.17) is 0 Å². The van der Waals surface area contributed by atoms with Crippen LogP contribution in [0.15, 0.2) is 48.5 Å². The van der Waals surface area contributed by atoms with Crippen LogP contribution in [0.4, 0.5) is 0 Å². The molecular weight excluding hydrogens is 314 g/mol. The summed E-state index contributed by atoms with van der Waals surface area (Å²) in [6.07, 6.45) is 2.85. The highest BCUT2D eigenvalue weighted by Crippen LogP contribution is 2.14. The Morgan fingerprint density at radius 3 is 2.64 bits per heavy atom. The number of aromatic nitrogens is 2. The molecule has 0 spiro atoms. The molecule has 0 saturated heterocycles. The monoisotopic (exact) mass is 337 g/mol. The van der Waals surface area contributed by atoms with Crippen LogP contribution in [0.1, 0.15) is 24.2 Å². The maximum absolute atomic E-state index is 12.0. The van der Waals surface area contributed by atoms with Crippen LogP contribution < -0.4 is 5.32 Å². The first-order chi connectivity index (χ1) is 12.1. The predicted octanol–water partition coefficient (Wildman–Crippen LogP) is 2.96. The van der Waals surface area contributed by atoms with Crippen LogP contribution in [-0.4, -0.2) is 27.1 Å². The Bertz CT molecular complexity index is 853. The maximum atomic E-state index is 12.0. The molecule has 3 aromatic rings. The van der Waals surface area contributed by atoms with E-state index in [0.29, 0.717) is 13.0 Å². The summed E-state index contributed by atoms with van der Waals surface area (Å²) >= 11 is 0. The zero-order valence-corrected chi connectivity index (χ0v) is 14.4. The van der Waals surface area contributed by atoms with Crippen molar-refractivity contribution in [2.45, 2.75) is 25.7 Å². The van der Waals surface area contributed by atoms with Gasteiger partial charge < -0.3 is 15.0 Å². The molecule has 5 nitrogen and oxygen atoms in total. The molecule has 0 bridgehead atoms. The van der Waals surface area contributed by atoms with Crippen LogP contribution in [0.3, 0.4) is 0 Å². The van der Waals surface area contributed by atoms with Gasteiger partial charge in [0, 0.05) is 26.4 Å². The van der Waals surface area contributed by atoms with Crippen molar-refractivity contribution in [3.8, 4) is 5.75 Å². The average Bonchev–Trinajstić information content (AvgIpc) is 2.93. The molecule has 2 aromatic carbocycles. The topological polar surface area (TPSA) is 67.2 Å². The minimum atomic E-state index is 0.0672. The highest BCUT2D eigenvalue weighted by atomic mass is 16.3. The highest BCUT2D eigenvalue weighted by molar-refractivity contribution is 5.76. The van der Waals surface area contributed by atoms with Gasteiger partial charge in [0.25, 0.3) is 0 Å². The maximum Gasteiger partial charge on any atom is 0.220 e. The lowest BCUT2D eigenvalue weighted by molar-refractivity contribution is -0.121. The van der Waals surface area contributed by atoms with Crippen LogP contribution in [-0.2, 0) is 24.7 Å². The van der Waals surface area contributed by atoms with E-state index in [1.165, 1.54) is 0 Å². The first kappa shape index (κ1) is 17.0. The molecule has 0 fully saturated rings. The van der Waals surface area contributed by atoms with Gasteiger partial charge in [-0.25, -0.2) is 4.98 Å². The summed E-state index contributed by atoms with van der Waals surface area (Å²) in [5.41, 5.74) is 3.23. The van der Waals surface area contributed by atoms with Crippen LogP contribution in [0, 0.1) is 0 Å². The number of aromatic hydroxyl groups is 1. The first-order valence-corrected chi connectivity index (χ1v) is 8.58. The third-order valence-corrected chi connectivity index (χ3v) is 4.36. The standard InChI is InChI=1S/C20H23N3O2/c1-23-18-7-3-2-6-17(18)22-19(23)13-14-21-20(25)8-4-5-15-9-11-16(24)12-10-15/h2-3,6-7,9-12,24H,4-5,8,13-14H2,1H3,(H,21,25). The smallest absolute Gasteiger partial charge is 0.220 e. The van der Waals surface area contributed by atoms with Gasteiger partial charge in [0.1, 0.15) is 11.6 Å². The van der Waals surface area contributed by atoms with E-state index in [-0.39, 0.29) is 11.7 Å². The van der Waals surface area contributed by atoms with Crippen molar-refractivity contribution in [2.24, 2.45) is 7.05 Å². The fourth-order valence-electron chi connectivity index (χ4n) is 2.94. The van der Waals surface area contributed by atoms with Gasteiger partial charge in [0.05, 0.1) is 11.0 Å². The molecule has 1 aromatic heterocycles. The molecule has 0 aliphatic rings. The molecule has 0 saturated carbocycles. The molecule has 0 aliphatic carbocycles. The molecule has 1 amide bonds. The van der Waals surface area contributed by atoms with E-state index in [9.17, 15) is 9.90 Å². The van der Waals surface area contributed by atoms with Gasteiger partial charge in [-0.05, 0) is 42.7 Å². The lowest BCUT2D eigenvalue weighted by atomic mass is 10.1. The van der Waals surface area contributed by atoms with E-state index >= 15 is 0 Å². The van der Waals surface area contributed by atoms with Gasteiger partial charge in [-0.1, -0.05) is 24.3 Å². The van der Waals surface area contributed by atoms with Crippen molar-refractivity contribution in [3.05, 3.63) is 59.9 Å². The number of phenolic OH excluding ortho intramolecular Hbond substituents is 1. The molecule has 0 radical (unpaired) electrons. The number of benzene rings is 2. The van der Waals surface area contributed by atoms with E-state index in [1.54, 1.807) is 12.1 Å². The molecule has 5 heteroatoms. The lowest BCUT2D eigenvalue weighted by Crippen LogP contribution is -2.26. The number of fused-ring (bicyclic) bond motifs is 1. The third kappa shape index (κ3) is 4.38. The zero-order chi connectivity index (χ0) is 17.6. The molecular formula is C20H23N3O2. The summed E-state index contributed by atoms with van der Waals surface area (Å²) in [4.78, 5) is 16.6.